The van der Waals surface area contributed by atoms with Crippen LogP contribution < -0.4 is 30.5 Å². The Morgan fingerprint density at radius 3 is 2.37 bits per heavy atom. The summed E-state index contributed by atoms with van der Waals surface area (Å²) in [5.74, 6) is 0.781. The van der Waals surface area contributed by atoms with Gasteiger partial charge in [-0.3, -0.25) is 9.59 Å². The van der Waals surface area contributed by atoms with Gasteiger partial charge in [-0.2, -0.15) is 4.98 Å². The topological polar surface area (TPSA) is 164 Å². The quantitative estimate of drug-likeness (QED) is 0.145. The van der Waals surface area contributed by atoms with E-state index in [1.807, 2.05) is 25.1 Å². The number of methoxy groups -OCH3 is 1. The maximum absolute atomic E-state index is 13.3. The number of hydrogen-bond acceptors (Lipinski definition) is 11. The van der Waals surface area contributed by atoms with Crippen molar-refractivity contribution in [3.05, 3.63) is 65.9 Å². The second kappa shape index (κ2) is 18.1. The van der Waals surface area contributed by atoms with Gasteiger partial charge in [0.2, 0.25) is 11.9 Å². The summed E-state index contributed by atoms with van der Waals surface area (Å²) >= 11 is 0. The van der Waals surface area contributed by atoms with Crippen LogP contribution in [0.4, 0.5) is 33.6 Å². The molecule has 14 heteroatoms. The zero-order valence-corrected chi connectivity index (χ0v) is 33.8. The lowest BCUT2D eigenvalue weighted by Gasteiger charge is -2.43. The number of likely N-dealkylation sites (N-methyl/N-ethyl adjacent to an activating group) is 1. The smallest absolute Gasteiger partial charge is 0.408 e. The summed E-state index contributed by atoms with van der Waals surface area (Å²) in [7, 11) is 3.30. The molecule has 2 saturated carbocycles. The minimum Gasteiger partial charge on any atom is -0.495 e. The van der Waals surface area contributed by atoms with Crippen molar-refractivity contribution in [2.24, 2.45) is 0 Å². The zero-order chi connectivity index (χ0) is 40.7. The van der Waals surface area contributed by atoms with E-state index in [0.29, 0.717) is 40.7 Å². The van der Waals surface area contributed by atoms with Crippen LogP contribution in [0.2, 0.25) is 0 Å². The predicted molar refractivity (Wildman–Crippen MR) is 220 cm³/mol. The molecule has 0 radical (unpaired) electrons. The summed E-state index contributed by atoms with van der Waals surface area (Å²) in [6.45, 7) is 7.32. The lowest BCUT2D eigenvalue weighted by atomic mass is 10.0. The minimum atomic E-state index is -0.895. The van der Waals surface area contributed by atoms with Crippen LogP contribution in [0.25, 0.3) is 6.08 Å². The number of aromatic nitrogens is 2. The zero-order valence-electron chi connectivity index (χ0n) is 33.8. The molecule has 14 nitrogen and oxygen atoms in total. The highest BCUT2D eigenvalue weighted by Crippen LogP contribution is 2.40. The van der Waals surface area contributed by atoms with Gasteiger partial charge in [0.15, 0.2) is 5.82 Å². The van der Waals surface area contributed by atoms with Gasteiger partial charge >= 0.3 is 12.1 Å². The second-order valence-electron chi connectivity index (χ2n) is 15.9. The number of benzene rings is 2. The van der Waals surface area contributed by atoms with Crippen molar-refractivity contribution >= 4 is 58.8 Å². The monoisotopic (exact) mass is 781 g/mol. The Labute approximate surface area is 334 Å². The Kier molecular flexibility index (Phi) is 13.0. The number of fused-ring (bicyclic) bond motifs is 1. The Balaban J connectivity index is 1.09. The molecule has 3 amide bonds. The van der Waals surface area contributed by atoms with Gasteiger partial charge in [0.05, 0.1) is 19.0 Å². The fourth-order valence-corrected chi connectivity index (χ4v) is 7.64. The molecule has 2 heterocycles. The molecule has 2 aromatic carbocycles. The molecule has 3 aromatic rings. The Hall–Kier alpha value is -5.66. The molecule has 3 N–H and O–H groups in total. The van der Waals surface area contributed by atoms with Gasteiger partial charge in [0, 0.05) is 24.3 Å². The number of ether oxygens (including phenoxy) is 3. The van der Waals surface area contributed by atoms with E-state index < -0.39 is 23.7 Å². The fraction of sp³-hybridized carbons (Fsp3) is 0.488. The highest BCUT2D eigenvalue weighted by atomic mass is 16.6. The average molecular weight is 782 g/mol. The maximum Gasteiger partial charge on any atom is 0.408 e. The summed E-state index contributed by atoms with van der Waals surface area (Å²) in [5, 5.41) is 8.85. The number of carbonyl (C=O) groups is 4. The van der Waals surface area contributed by atoms with Crippen LogP contribution in [0.1, 0.15) is 108 Å². The third kappa shape index (κ3) is 10.2. The van der Waals surface area contributed by atoms with E-state index in [0.717, 1.165) is 62.7 Å². The molecule has 304 valence electrons. The number of alkyl carbamates (subject to hydrolysis) is 1. The van der Waals surface area contributed by atoms with E-state index in [-0.39, 0.29) is 36.4 Å². The average Bonchev–Trinajstić information content (AvgIpc) is 3.91. The third-order valence-electron chi connectivity index (χ3n) is 10.5. The van der Waals surface area contributed by atoms with Crippen molar-refractivity contribution in [2.45, 2.75) is 122 Å². The number of nitrogens with one attached hydrogen (secondary N) is 3. The molecular weight excluding hydrogens is 727 g/mol. The van der Waals surface area contributed by atoms with Crippen LogP contribution in [-0.2, 0) is 19.1 Å². The molecule has 2 fully saturated rings. The largest absolute Gasteiger partial charge is 0.495 e. The Morgan fingerprint density at radius 1 is 1.00 bits per heavy atom. The first-order valence-electron chi connectivity index (χ1n) is 20.0. The summed E-state index contributed by atoms with van der Waals surface area (Å²) in [4.78, 5) is 65.4. The minimum absolute atomic E-state index is 0.0542. The van der Waals surface area contributed by atoms with Crippen molar-refractivity contribution in [1.82, 2.24) is 15.3 Å². The molecule has 1 aromatic heterocycles. The number of anilines is 5. The van der Waals surface area contributed by atoms with E-state index >= 15 is 0 Å². The molecule has 0 bridgehead atoms. The van der Waals surface area contributed by atoms with E-state index in [2.05, 4.69) is 25.8 Å². The highest BCUT2D eigenvalue weighted by molar-refractivity contribution is 6.05. The normalized spacial score (nSPS) is 18.0. The Bertz CT molecular complexity index is 1950. The molecule has 2 atom stereocenters. The van der Waals surface area contributed by atoms with Gasteiger partial charge in [-0.25, -0.2) is 14.6 Å². The molecule has 6 rings (SSSR count). The molecule has 0 saturated heterocycles. The van der Waals surface area contributed by atoms with Crippen molar-refractivity contribution in [3.8, 4) is 5.75 Å². The summed E-state index contributed by atoms with van der Waals surface area (Å²) in [5.41, 5.74) is 2.37. The number of carbonyl (C=O) groups excluding carboxylic acids is 4. The summed E-state index contributed by atoms with van der Waals surface area (Å²) < 4.78 is 16.7. The number of nitrogens with zero attached hydrogens (tertiary/aromatic N) is 4. The lowest BCUT2D eigenvalue weighted by molar-refractivity contribution is -0.151. The van der Waals surface area contributed by atoms with Crippen LogP contribution in [0.5, 0.6) is 5.75 Å². The SMILES string of the molecule is CC[C@@H]1C(=O)N(C)c2cnc(Nc3ccc(C(=O)Nc4ccc(C=CC[C@H](NC(=O)OC(C)(C)C)C(=O)OC5CCCC5)cc4)cc3OC)nc2N1C1CCCC1. The van der Waals surface area contributed by atoms with E-state index in [1.54, 1.807) is 75.3 Å². The van der Waals surface area contributed by atoms with Crippen molar-refractivity contribution in [2.75, 3.05) is 34.6 Å². The van der Waals surface area contributed by atoms with Crippen molar-refractivity contribution in [3.63, 3.8) is 0 Å². The highest BCUT2D eigenvalue weighted by Gasteiger charge is 2.41. The van der Waals surface area contributed by atoms with E-state index in [4.69, 9.17) is 19.2 Å². The number of hydrogen-bond donors (Lipinski definition) is 3. The molecule has 0 spiro atoms. The molecule has 2 aliphatic carbocycles. The molecule has 0 unspecified atom stereocenters. The fourth-order valence-electron chi connectivity index (χ4n) is 7.64. The number of rotatable bonds is 13. The first-order chi connectivity index (χ1) is 27.3. The number of esters is 1. The van der Waals surface area contributed by atoms with E-state index in [9.17, 15) is 19.2 Å². The van der Waals surface area contributed by atoms with Crippen LogP contribution in [0.15, 0.2) is 54.7 Å². The molecular formula is C43H55N7O7. The molecule has 1 aliphatic heterocycles. The van der Waals surface area contributed by atoms with Gasteiger partial charge in [-0.15, -0.1) is 0 Å². The van der Waals surface area contributed by atoms with Gasteiger partial charge < -0.3 is 40.0 Å². The van der Waals surface area contributed by atoms with Gasteiger partial charge in [0.25, 0.3) is 5.91 Å². The first-order valence-corrected chi connectivity index (χ1v) is 20.0. The van der Waals surface area contributed by atoms with Crippen LogP contribution >= 0.6 is 0 Å². The second-order valence-corrected chi connectivity index (χ2v) is 15.9. The summed E-state index contributed by atoms with van der Waals surface area (Å²) in [6.07, 6.45) is 13.4. The molecule has 57 heavy (non-hydrogen) atoms. The van der Waals surface area contributed by atoms with Crippen LogP contribution in [0, 0.1) is 0 Å². The van der Waals surface area contributed by atoms with Gasteiger partial charge in [0.1, 0.15) is 35.2 Å². The van der Waals surface area contributed by atoms with Crippen molar-refractivity contribution < 1.29 is 33.4 Å². The Morgan fingerprint density at radius 2 is 1.70 bits per heavy atom. The van der Waals surface area contributed by atoms with Crippen LogP contribution in [-0.4, -0.2) is 77.8 Å². The van der Waals surface area contributed by atoms with E-state index in [1.165, 1.54) is 7.11 Å². The standard InChI is InChI=1S/C43H55N7O7/c1-7-34-39(52)49(5)35-26-44-41(48-37(35)50(34)30-14-8-9-15-30)46-32-24-21-28(25-36(32)55-6)38(51)45-29-22-19-27(20-23-29)13-12-18-33(47-42(54)57-43(2,3)4)40(53)56-31-16-10-11-17-31/h12-13,19-26,30-31,33-34H,7-11,14-18H2,1-6H3,(H,45,51)(H,47,54)(H,44,46,48)/t33-,34+/m0/s1. The third-order valence-corrected chi connectivity index (χ3v) is 10.5. The van der Waals surface area contributed by atoms with Gasteiger partial charge in [-0.05, 0) is 108 Å². The maximum atomic E-state index is 13.3. The number of amides is 3. The summed E-state index contributed by atoms with van der Waals surface area (Å²) in [6, 6.07) is 11.4. The predicted octanol–water partition coefficient (Wildman–Crippen LogP) is 7.77. The lowest BCUT2D eigenvalue weighted by Crippen LogP contribution is -2.55. The van der Waals surface area contributed by atoms with Crippen molar-refractivity contribution in [1.29, 1.82) is 0 Å². The molecule has 3 aliphatic rings. The first kappa shape index (κ1) is 41.0. The van der Waals surface area contributed by atoms with Crippen LogP contribution in [0.3, 0.4) is 0 Å². The van der Waals surface area contributed by atoms with Gasteiger partial charge in [-0.1, -0.05) is 44.1 Å².